The number of hydrogen-bond acceptors (Lipinski definition) is 4. The zero-order valence-electron chi connectivity index (χ0n) is 17.2. The van der Waals surface area contributed by atoms with E-state index in [1.54, 1.807) is 42.5 Å². The normalized spacial score (nSPS) is 11.4. The van der Waals surface area contributed by atoms with Gasteiger partial charge in [-0.15, -0.1) is 0 Å². The van der Waals surface area contributed by atoms with Gasteiger partial charge in [0, 0.05) is 0 Å². The van der Waals surface area contributed by atoms with Crippen LogP contribution in [0.4, 0.5) is 0 Å². The topological polar surface area (TPSA) is 64.6 Å². The fourth-order valence-corrected chi connectivity index (χ4v) is 3.24. The molecule has 160 valence electrons. The van der Waals surface area contributed by atoms with Crippen LogP contribution in [0, 0.1) is 0 Å². The molecule has 0 aliphatic carbocycles. The van der Waals surface area contributed by atoms with E-state index in [4.69, 9.17) is 21.1 Å². The molecule has 0 radical (unpaired) electrons. The van der Waals surface area contributed by atoms with E-state index in [2.05, 4.69) is 5.32 Å². The van der Waals surface area contributed by atoms with Crippen molar-refractivity contribution in [2.24, 2.45) is 0 Å². The third kappa shape index (κ3) is 6.33. The van der Waals surface area contributed by atoms with E-state index in [-0.39, 0.29) is 12.3 Å². The molecule has 1 N–H and O–H groups in total. The highest BCUT2D eigenvalue weighted by molar-refractivity contribution is 6.33. The molecular formula is C25H24ClNO4. The predicted molar refractivity (Wildman–Crippen MR) is 121 cm³/mol. The highest BCUT2D eigenvalue weighted by atomic mass is 35.5. The van der Waals surface area contributed by atoms with E-state index in [0.29, 0.717) is 28.7 Å². The van der Waals surface area contributed by atoms with Crippen LogP contribution in [-0.4, -0.2) is 18.5 Å². The molecule has 0 saturated carbocycles. The van der Waals surface area contributed by atoms with Gasteiger partial charge in [-0.3, -0.25) is 9.59 Å². The lowest BCUT2D eigenvalue weighted by Gasteiger charge is -2.19. The van der Waals surface area contributed by atoms with Crippen LogP contribution in [0.2, 0.25) is 5.02 Å². The Bertz CT molecular complexity index is 1020. The minimum Gasteiger partial charge on any atom is -0.490 e. The van der Waals surface area contributed by atoms with Crippen LogP contribution in [0.15, 0.2) is 78.9 Å². The first kappa shape index (κ1) is 22.4. The first-order valence-corrected chi connectivity index (χ1v) is 10.5. The average Bonchev–Trinajstić information content (AvgIpc) is 2.79. The van der Waals surface area contributed by atoms with E-state index in [1.165, 1.54) is 0 Å². The summed E-state index contributed by atoms with van der Waals surface area (Å²) in [7, 11) is 0. The molecular weight excluding hydrogens is 414 g/mol. The molecule has 0 saturated heterocycles. The Labute approximate surface area is 187 Å². The minimum atomic E-state index is -0.582. The number of hydrogen-bond donors (Lipinski definition) is 1. The SMILES string of the molecule is CCCOc1ccccc1OC(=O)CC(NC(=O)c1ccccc1Cl)c1ccccc1. The second-order valence-corrected chi connectivity index (χ2v) is 7.30. The Balaban J connectivity index is 1.76. The van der Waals surface area contributed by atoms with Gasteiger partial charge < -0.3 is 14.8 Å². The molecule has 1 atom stereocenters. The third-order valence-electron chi connectivity index (χ3n) is 4.53. The molecule has 5 nitrogen and oxygen atoms in total. The van der Waals surface area contributed by atoms with Crippen LogP contribution < -0.4 is 14.8 Å². The monoisotopic (exact) mass is 437 g/mol. The van der Waals surface area contributed by atoms with Crippen LogP contribution in [0.1, 0.15) is 41.7 Å². The molecule has 0 aliphatic rings. The van der Waals surface area contributed by atoms with Gasteiger partial charge in [-0.1, -0.05) is 73.1 Å². The highest BCUT2D eigenvalue weighted by Gasteiger charge is 2.22. The number of benzene rings is 3. The molecule has 1 amide bonds. The number of carbonyl (C=O) groups excluding carboxylic acids is 2. The highest BCUT2D eigenvalue weighted by Crippen LogP contribution is 2.28. The Morgan fingerprint density at radius 3 is 2.26 bits per heavy atom. The van der Waals surface area contributed by atoms with Crippen LogP contribution in [-0.2, 0) is 4.79 Å². The standard InChI is InChI=1S/C25H24ClNO4/c1-2-16-30-22-14-8-9-15-23(22)31-24(28)17-21(18-10-4-3-5-11-18)27-25(29)19-12-6-7-13-20(19)26/h3-15,21H,2,16-17H2,1H3,(H,27,29). The van der Waals surface area contributed by atoms with Crippen LogP contribution >= 0.6 is 11.6 Å². The predicted octanol–water partition coefficient (Wildman–Crippen LogP) is 5.60. The second-order valence-electron chi connectivity index (χ2n) is 6.89. The number of rotatable bonds is 9. The van der Waals surface area contributed by atoms with E-state index in [0.717, 1.165) is 12.0 Å². The van der Waals surface area contributed by atoms with Crippen molar-refractivity contribution in [3.8, 4) is 11.5 Å². The number of nitrogens with one attached hydrogen (secondary N) is 1. The molecule has 0 aliphatic heterocycles. The number of ether oxygens (including phenoxy) is 2. The lowest BCUT2D eigenvalue weighted by Crippen LogP contribution is -2.31. The van der Waals surface area contributed by atoms with Gasteiger partial charge in [-0.25, -0.2) is 0 Å². The minimum absolute atomic E-state index is 0.0533. The maximum atomic E-state index is 12.8. The summed E-state index contributed by atoms with van der Waals surface area (Å²) in [5.74, 6) is 0.0130. The number of amides is 1. The second kappa shape index (κ2) is 11.2. The molecule has 1 unspecified atom stereocenters. The van der Waals surface area contributed by atoms with Crippen molar-refractivity contribution < 1.29 is 19.1 Å². The maximum absolute atomic E-state index is 12.8. The maximum Gasteiger partial charge on any atom is 0.313 e. The molecule has 3 aromatic rings. The van der Waals surface area contributed by atoms with Gasteiger partial charge in [0.1, 0.15) is 0 Å². The lowest BCUT2D eigenvalue weighted by atomic mass is 10.0. The van der Waals surface area contributed by atoms with E-state index in [9.17, 15) is 9.59 Å². The lowest BCUT2D eigenvalue weighted by molar-refractivity contribution is -0.135. The Morgan fingerprint density at radius 1 is 0.903 bits per heavy atom. The zero-order chi connectivity index (χ0) is 22.1. The van der Waals surface area contributed by atoms with Crippen LogP contribution in [0.3, 0.4) is 0 Å². The summed E-state index contributed by atoms with van der Waals surface area (Å²) in [4.78, 5) is 25.5. The van der Waals surface area contributed by atoms with Crippen molar-refractivity contribution in [2.75, 3.05) is 6.61 Å². The molecule has 0 heterocycles. The number of halogens is 1. The Morgan fingerprint density at radius 2 is 1.55 bits per heavy atom. The molecule has 6 heteroatoms. The summed E-state index contributed by atoms with van der Waals surface area (Å²) >= 11 is 6.15. The summed E-state index contributed by atoms with van der Waals surface area (Å²) in [5.41, 5.74) is 1.13. The van der Waals surface area contributed by atoms with E-state index < -0.39 is 12.0 Å². The van der Waals surface area contributed by atoms with Crippen molar-refractivity contribution in [3.63, 3.8) is 0 Å². The number of esters is 1. The first-order chi connectivity index (χ1) is 15.1. The van der Waals surface area contributed by atoms with Gasteiger partial charge in [0.25, 0.3) is 5.91 Å². The van der Waals surface area contributed by atoms with Crippen molar-refractivity contribution >= 4 is 23.5 Å². The number of carbonyl (C=O) groups is 2. The molecule has 3 rings (SSSR count). The summed E-state index contributed by atoms with van der Waals surface area (Å²) in [6.07, 6.45) is 0.786. The molecule has 0 aromatic heterocycles. The quantitative estimate of drug-likeness (QED) is 0.350. The summed E-state index contributed by atoms with van der Waals surface area (Å²) < 4.78 is 11.2. The zero-order valence-corrected chi connectivity index (χ0v) is 18.0. The van der Waals surface area contributed by atoms with Crippen LogP contribution in [0.5, 0.6) is 11.5 Å². The Kier molecular flexibility index (Phi) is 8.07. The molecule has 31 heavy (non-hydrogen) atoms. The smallest absolute Gasteiger partial charge is 0.313 e. The van der Waals surface area contributed by atoms with Gasteiger partial charge in [-0.2, -0.15) is 0 Å². The van der Waals surface area contributed by atoms with E-state index >= 15 is 0 Å². The molecule has 3 aromatic carbocycles. The molecule has 0 bridgehead atoms. The fraction of sp³-hybridized carbons (Fsp3) is 0.200. The first-order valence-electron chi connectivity index (χ1n) is 10.1. The fourth-order valence-electron chi connectivity index (χ4n) is 3.02. The van der Waals surface area contributed by atoms with Gasteiger partial charge >= 0.3 is 5.97 Å². The van der Waals surface area contributed by atoms with Gasteiger partial charge in [0.05, 0.1) is 29.7 Å². The molecule has 0 spiro atoms. The number of para-hydroxylation sites is 2. The van der Waals surface area contributed by atoms with Crippen molar-refractivity contribution in [1.82, 2.24) is 5.32 Å². The largest absolute Gasteiger partial charge is 0.490 e. The van der Waals surface area contributed by atoms with Gasteiger partial charge in [-0.05, 0) is 36.2 Å². The van der Waals surface area contributed by atoms with Gasteiger partial charge in [0.2, 0.25) is 0 Å². The summed E-state index contributed by atoms with van der Waals surface area (Å²) in [5, 5.41) is 3.24. The van der Waals surface area contributed by atoms with Gasteiger partial charge in [0.15, 0.2) is 11.5 Å². The van der Waals surface area contributed by atoms with E-state index in [1.807, 2.05) is 43.3 Å². The Hall–Kier alpha value is -3.31. The molecule has 0 fully saturated rings. The van der Waals surface area contributed by atoms with Crippen molar-refractivity contribution in [2.45, 2.75) is 25.8 Å². The summed E-state index contributed by atoms with van der Waals surface area (Å²) in [6, 6.07) is 22.5. The third-order valence-corrected chi connectivity index (χ3v) is 4.86. The van der Waals surface area contributed by atoms with Crippen molar-refractivity contribution in [1.29, 1.82) is 0 Å². The van der Waals surface area contributed by atoms with Crippen LogP contribution in [0.25, 0.3) is 0 Å². The summed E-state index contributed by atoms with van der Waals surface area (Å²) in [6.45, 7) is 2.52. The van der Waals surface area contributed by atoms with Crippen molar-refractivity contribution in [3.05, 3.63) is 95.0 Å². The average molecular weight is 438 g/mol.